The maximum Gasteiger partial charge on any atom is 0.227 e. The molecule has 0 saturated carbocycles. The summed E-state index contributed by atoms with van der Waals surface area (Å²) >= 11 is 1.84. The summed E-state index contributed by atoms with van der Waals surface area (Å²) in [5.41, 5.74) is 10.1. The third kappa shape index (κ3) is 5.16. The van der Waals surface area contributed by atoms with E-state index in [1.54, 1.807) is 0 Å². The maximum absolute atomic E-state index is 6.61. The first-order chi connectivity index (χ1) is 25.3. The topological polar surface area (TPSA) is 29.3 Å². The Kier molecular flexibility index (Phi) is 7.00. The lowest BCUT2D eigenvalue weighted by Crippen LogP contribution is -2.09. The number of nitrogens with zero attached hydrogens (tertiary/aromatic N) is 2. The zero-order valence-corrected chi connectivity index (χ0v) is 28.3. The highest BCUT2D eigenvalue weighted by atomic mass is 32.1. The second-order valence-electron chi connectivity index (χ2n) is 12.8. The van der Waals surface area contributed by atoms with Crippen molar-refractivity contribution in [3.8, 4) is 33.7 Å². The van der Waals surface area contributed by atoms with Gasteiger partial charge in [0.05, 0.1) is 0 Å². The molecule has 8 aromatic carbocycles. The first-order valence-corrected chi connectivity index (χ1v) is 17.9. The largest absolute Gasteiger partial charge is 0.435 e. The Morgan fingerprint density at radius 2 is 1.04 bits per heavy atom. The average Bonchev–Trinajstić information content (AvgIpc) is 3.81. The Hall–Kier alpha value is -6.49. The van der Waals surface area contributed by atoms with Gasteiger partial charge in [0.15, 0.2) is 5.58 Å². The second-order valence-corrected chi connectivity index (χ2v) is 13.9. The third-order valence-electron chi connectivity index (χ3n) is 9.70. The molecule has 10 rings (SSSR count). The number of hydrogen-bond donors (Lipinski definition) is 0. The molecular formula is C47H30N2OS. The molecule has 0 aliphatic rings. The Labute approximate surface area is 299 Å². The molecule has 0 spiro atoms. The van der Waals surface area contributed by atoms with Crippen LogP contribution >= 0.6 is 11.3 Å². The van der Waals surface area contributed by atoms with Gasteiger partial charge in [-0.25, -0.2) is 4.98 Å². The van der Waals surface area contributed by atoms with Gasteiger partial charge in [-0.2, -0.15) is 0 Å². The minimum absolute atomic E-state index is 0.616. The summed E-state index contributed by atoms with van der Waals surface area (Å²) in [5, 5.41) is 4.99. The second kappa shape index (κ2) is 12.1. The molecule has 0 unspecified atom stereocenters. The van der Waals surface area contributed by atoms with Crippen LogP contribution in [0.2, 0.25) is 0 Å². The molecule has 51 heavy (non-hydrogen) atoms. The molecule has 0 saturated heterocycles. The van der Waals surface area contributed by atoms with Crippen molar-refractivity contribution in [2.75, 3.05) is 4.90 Å². The van der Waals surface area contributed by atoms with Crippen molar-refractivity contribution in [2.24, 2.45) is 0 Å². The van der Waals surface area contributed by atoms with Gasteiger partial charge in [0.2, 0.25) is 5.89 Å². The van der Waals surface area contributed by atoms with E-state index in [0.29, 0.717) is 5.89 Å². The van der Waals surface area contributed by atoms with E-state index in [9.17, 15) is 0 Å². The first-order valence-electron chi connectivity index (χ1n) is 17.1. The van der Waals surface area contributed by atoms with Crippen molar-refractivity contribution < 1.29 is 4.42 Å². The predicted octanol–water partition coefficient (Wildman–Crippen LogP) is 13.8. The molecule has 10 aromatic rings. The number of thiophene rings is 1. The van der Waals surface area contributed by atoms with Crippen molar-refractivity contribution in [1.29, 1.82) is 0 Å². The summed E-state index contributed by atoms with van der Waals surface area (Å²) in [5.74, 6) is 0.616. The van der Waals surface area contributed by atoms with Gasteiger partial charge in [0.1, 0.15) is 5.52 Å². The fourth-order valence-corrected chi connectivity index (χ4v) is 8.28. The van der Waals surface area contributed by atoms with E-state index in [2.05, 4.69) is 150 Å². The van der Waals surface area contributed by atoms with E-state index in [1.165, 1.54) is 30.9 Å². The molecule has 0 amide bonds. The number of fused-ring (bicyclic) bond motifs is 5. The number of oxazole rings is 1. The van der Waals surface area contributed by atoms with E-state index in [-0.39, 0.29) is 0 Å². The number of benzene rings is 8. The summed E-state index contributed by atoms with van der Waals surface area (Å²) in [6, 6.07) is 64.5. The zero-order chi connectivity index (χ0) is 33.7. The summed E-state index contributed by atoms with van der Waals surface area (Å²) in [4.78, 5) is 7.42. The van der Waals surface area contributed by atoms with E-state index >= 15 is 0 Å². The fourth-order valence-electron chi connectivity index (χ4n) is 7.19. The third-order valence-corrected chi connectivity index (χ3v) is 10.8. The summed E-state index contributed by atoms with van der Waals surface area (Å²) in [6.45, 7) is 0. The van der Waals surface area contributed by atoms with Gasteiger partial charge in [0, 0.05) is 53.9 Å². The molecule has 0 bridgehead atoms. The molecule has 0 N–H and O–H groups in total. The van der Waals surface area contributed by atoms with Gasteiger partial charge >= 0.3 is 0 Å². The molecule has 2 heterocycles. The molecule has 240 valence electrons. The zero-order valence-electron chi connectivity index (χ0n) is 27.5. The quantitative estimate of drug-likeness (QED) is 0.176. The van der Waals surface area contributed by atoms with Crippen LogP contribution in [0.25, 0.3) is 75.8 Å². The monoisotopic (exact) mass is 670 g/mol. The first kappa shape index (κ1) is 29.4. The van der Waals surface area contributed by atoms with Gasteiger partial charge in [-0.1, -0.05) is 115 Å². The maximum atomic E-state index is 6.61. The van der Waals surface area contributed by atoms with Crippen molar-refractivity contribution >= 4 is 70.4 Å². The van der Waals surface area contributed by atoms with Crippen LogP contribution in [0.15, 0.2) is 186 Å². The standard InChI is InChI=1S/C47H30N2OS/c1-3-12-32(13-4-1)39-26-27-40(46-45(39)48-47(50-46)34-14-5-2-6-15-34)33-20-22-36(23-21-33)49(37-24-19-31-11-7-8-16-35(31)29-37)38-25-28-44-42(30-38)41-17-9-10-18-43(41)51-44/h1-30H. The van der Waals surface area contributed by atoms with Crippen LogP contribution in [-0.4, -0.2) is 4.98 Å². The number of rotatable bonds is 6. The van der Waals surface area contributed by atoms with Gasteiger partial charge in [0.25, 0.3) is 0 Å². The lowest BCUT2D eigenvalue weighted by atomic mass is 9.98. The van der Waals surface area contributed by atoms with Crippen molar-refractivity contribution in [3.63, 3.8) is 0 Å². The SMILES string of the molecule is c1ccc(-c2nc3c(-c4ccccc4)ccc(-c4ccc(N(c5ccc6ccccc6c5)c5ccc6sc7ccccc7c6c5)cc4)c3o2)cc1. The Balaban J connectivity index is 1.12. The minimum atomic E-state index is 0.616. The minimum Gasteiger partial charge on any atom is -0.435 e. The number of aromatic nitrogens is 1. The smallest absolute Gasteiger partial charge is 0.227 e. The van der Waals surface area contributed by atoms with Crippen LogP contribution in [0, 0.1) is 0 Å². The van der Waals surface area contributed by atoms with E-state index in [0.717, 1.165) is 56.0 Å². The van der Waals surface area contributed by atoms with Crippen molar-refractivity contribution in [3.05, 3.63) is 182 Å². The summed E-state index contributed by atoms with van der Waals surface area (Å²) < 4.78 is 9.20. The summed E-state index contributed by atoms with van der Waals surface area (Å²) in [6.07, 6.45) is 0. The molecule has 3 nitrogen and oxygen atoms in total. The normalized spacial score (nSPS) is 11.5. The number of hydrogen-bond acceptors (Lipinski definition) is 4. The number of anilines is 3. The molecule has 0 radical (unpaired) electrons. The average molecular weight is 671 g/mol. The van der Waals surface area contributed by atoms with E-state index in [4.69, 9.17) is 9.40 Å². The highest BCUT2D eigenvalue weighted by Crippen LogP contribution is 2.43. The molecule has 2 aromatic heterocycles. The Morgan fingerprint density at radius 1 is 0.431 bits per heavy atom. The lowest BCUT2D eigenvalue weighted by Gasteiger charge is -2.26. The molecule has 0 fully saturated rings. The molecule has 0 aliphatic heterocycles. The van der Waals surface area contributed by atoms with Crippen molar-refractivity contribution in [2.45, 2.75) is 0 Å². The van der Waals surface area contributed by atoms with E-state index in [1.807, 2.05) is 47.7 Å². The highest BCUT2D eigenvalue weighted by Gasteiger charge is 2.19. The molecule has 0 atom stereocenters. The van der Waals surface area contributed by atoms with E-state index < -0.39 is 0 Å². The lowest BCUT2D eigenvalue weighted by molar-refractivity contribution is 0.621. The highest BCUT2D eigenvalue weighted by molar-refractivity contribution is 7.25. The van der Waals surface area contributed by atoms with Gasteiger partial charge < -0.3 is 9.32 Å². The Morgan fingerprint density at radius 3 is 1.86 bits per heavy atom. The van der Waals surface area contributed by atoms with Crippen molar-refractivity contribution in [1.82, 2.24) is 4.98 Å². The van der Waals surface area contributed by atoms with Gasteiger partial charge in [-0.3, -0.25) is 0 Å². The molecule has 4 heteroatoms. The molecule has 0 aliphatic carbocycles. The Bertz CT molecular complexity index is 2850. The van der Waals surface area contributed by atoms with Crippen LogP contribution in [0.5, 0.6) is 0 Å². The fraction of sp³-hybridized carbons (Fsp3) is 0. The van der Waals surface area contributed by atoms with Crippen LogP contribution in [0.4, 0.5) is 17.1 Å². The van der Waals surface area contributed by atoms with Crippen LogP contribution in [-0.2, 0) is 0 Å². The van der Waals surface area contributed by atoms with Crippen LogP contribution in [0.3, 0.4) is 0 Å². The van der Waals surface area contributed by atoms with Gasteiger partial charge in [-0.05, 0) is 88.6 Å². The molecular weight excluding hydrogens is 641 g/mol. The summed E-state index contributed by atoms with van der Waals surface area (Å²) in [7, 11) is 0. The van der Waals surface area contributed by atoms with Crippen LogP contribution in [0.1, 0.15) is 0 Å². The predicted molar refractivity (Wildman–Crippen MR) is 215 cm³/mol. The van der Waals surface area contributed by atoms with Crippen LogP contribution < -0.4 is 4.90 Å². The van der Waals surface area contributed by atoms with Gasteiger partial charge in [-0.15, -0.1) is 11.3 Å².